The molecule has 0 unspecified atom stereocenters. The topological polar surface area (TPSA) is 111 Å². The number of hydrogen-bond donors (Lipinski definition) is 4. The molecule has 0 bridgehead atoms. The van der Waals surface area contributed by atoms with Crippen molar-refractivity contribution in [1.29, 1.82) is 0 Å². The molecular formula is C16H14N4O3S. The molecule has 0 aliphatic carbocycles. The number of nitrogens with one attached hydrogen (secondary N) is 3. The minimum absolute atomic E-state index is 0.0273. The second-order valence-electron chi connectivity index (χ2n) is 5.59. The lowest BCUT2D eigenvalue weighted by atomic mass is 10.1. The molecule has 2 aromatic heterocycles. The molecule has 0 radical (unpaired) electrons. The number of sulfonamides is 1. The Morgan fingerprint density at radius 3 is 2.62 bits per heavy atom. The molecule has 0 aliphatic rings. The highest BCUT2D eigenvalue weighted by molar-refractivity contribution is 7.92. The molecular weight excluding hydrogens is 328 g/mol. The summed E-state index contributed by atoms with van der Waals surface area (Å²) in [5.41, 5.74) is 3.24. The van der Waals surface area contributed by atoms with Gasteiger partial charge in [-0.2, -0.15) is 0 Å². The van der Waals surface area contributed by atoms with Gasteiger partial charge in [0.1, 0.15) is 5.82 Å². The SMILES string of the molecule is CS(=O)(=O)Nc1ccc2[nH]c(O)c(-c3nc4ccccc4[nH]3)c2c1. The molecule has 2 aromatic carbocycles. The van der Waals surface area contributed by atoms with Gasteiger partial charge in [0.05, 0.1) is 22.9 Å². The average Bonchev–Trinajstić information content (AvgIpc) is 3.04. The van der Waals surface area contributed by atoms with Crippen molar-refractivity contribution in [3.05, 3.63) is 42.5 Å². The highest BCUT2D eigenvalue weighted by Gasteiger charge is 2.17. The van der Waals surface area contributed by atoms with Gasteiger partial charge in [-0.05, 0) is 30.3 Å². The summed E-state index contributed by atoms with van der Waals surface area (Å²) in [7, 11) is -3.38. The Morgan fingerprint density at radius 2 is 1.88 bits per heavy atom. The Balaban J connectivity index is 1.93. The molecule has 0 atom stereocenters. The first-order valence-electron chi connectivity index (χ1n) is 7.18. The van der Waals surface area contributed by atoms with Gasteiger partial charge in [0.25, 0.3) is 0 Å². The van der Waals surface area contributed by atoms with Crippen molar-refractivity contribution in [3.8, 4) is 17.3 Å². The number of aromatic nitrogens is 3. The standard InChI is InChI=1S/C16H14N4O3S/c1-24(22,23)20-9-6-7-11-10(8-9)14(16(21)19-11)15-17-12-4-2-3-5-13(12)18-15/h2-8,19-21H,1H3,(H,17,18). The number of aromatic hydroxyl groups is 1. The van der Waals surface area contributed by atoms with Gasteiger partial charge in [-0.25, -0.2) is 13.4 Å². The Labute approximate surface area is 137 Å². The van der Waals surface area contributed by atoms with Crippen LogP contribution >= 0.6 is 0 Å². The predicted octanol–water partition coefficient (Wildman–Crippen LogP) is 2.79. The number of hydrogen-bond acceptors (Lipinski definition) is 4. The summed E-state index contributed by atoms with van der Waals surface area (Å²) in [6.07, 6.45) is 1.09. The van der Waals surface area contributed by atoms with Crippen LogP contribution in [0.4, 0.5) is 5.69 Å². The quantitative estimate of drug-likeness (QED) is 0.459. The Hall–Kier alpha value is -3.00. The lowest BCUT2D eigenvalue weighted by Gasteiger charge is -2.04. The lowest BCUT2D eigenvalue weighted by Crippen LogP contribution is -2.09. The number of rotatable bonds is 3. The van der Waals surface area contributed by atoms with E-state index in [1.54, 1.807) is 18.2 Å². The van der Waals surface area contributed by atoms with Gasteiger partial charge in [0.2, 0.25) is 15.9 Å². The van der Waals surface area contributed by atoms with Crippen molar-refractivity contribution in [2.24, 2.45) is 0 Å². The zero-order chi connectivity index (χ0) is 16.9. The predicted molar refractivity (Wildman–Crippen MR) is 93.5 cm³/mol. The van der Waals surface area contributed by atoms with Gasteiger partial charge in [-0.1, -0.05) is 12.1 Å². The number of nitrogens with zero attached hydrogens (tertiary/aromatic N) is 1. The molecule has 8 heteroatoms. The minimum atomic E-state index is -3.38. The number of aromatic amines is 2. The van der Waals surface area contributed by atoms with Crippen LogP contribution in [0, 0.1) is 0 Å². The van der Waals surface area contributed by atoms with Gasteiger partial charge < -0.3 is 15.1 Å². The molecule has 7 nitrogen and oxygen atoms in total. The van der Waals surface area contributed by atoms with Gasteiger partial charge in [-0.15, -0.1) is 0 Å². The molecule has 4 N–H and O–H groups in total. The van der Waals surface area contributed by atoms with Crippen LogP contribution in [0.5, 0.6) is 5.88 Å². The first-order chi connectivity index (χ1) is 11.4. The Kier molecular flexibility index (Phi) is 3.04. The third-order valence-corrected chi connectivity index (χ3v) is 4.31. The van der Waals surface area contributed by atoms with Crippen LogP contribution in [0.2, 0.25) is 0 Å². The average molecular weight is 342 g/mol. The molecule has 122 valence electrons. The molecule has 0 saturated heterocycles. The first kappa shape index (κ1) is 14.6. The molecule has 24 heavy (non-hydrogen) atoms. The van der Waals surface area contributed by atoms with Crippen molar-refractivity contribution in [2.45, 2.75) is 0 Å². The first-order valence-corrected chi connectivity index (χ1v) is 9.07. The fraction of sp³-hybridized carbons (Fsp3) is 0.0625. The zero-order valence-corrected chi connectivity index (χ0v) is 13.5. The van der Waals surface area contributed by atoms with Crippen molar-refractivity contribution in [3.63, 3.8) is 0 Å². The van der Waals surface area contributed by atoms with Crippen LogP contribution in [0.15, 0.2) is 42.5 Å². The summed E-state index contributed by atoms with van der Waals surface area (Å²) in [5, 5.41) is 10.9. The van der Waals surface area contributed by atoms with Gasteiger partial charge in [0, 0.05) is 16.6 Å². The summed E-state index contributed by atoms with van der Waals surface area (Å²) in [5.74, 6) is 0.483. The van der Waals surface area contributed by atoms with Crippen molar-refractivity contribution in [1.82, 2.24) is 15.0 Å². The fourth-order valence-corrected chi connectivity index (χ4v) is 3.32. The Morgan fingerprint density at radius 1 is 1.08 bits per heavy atom. The van der Waals surface area contributed by atoms with Crippen molar-refractivity contribution in [2.75, 3.05) is 11.0 Å². The molecule has 4 rings (SSSR count). The molecule has 0 fully saturated rings. The van der Waals surface area contributed by atoms with E-state index in [4.69, 9.17) is 0 Å². The van der Waals surface area contributed by atoms with E-state index in [9.17, 15) is 13.5 Å². The van der Waals surface area contributed by atoms with E-state index in [0.29, 0.717) is 28.0 Å². The second-order valence-corrected chi connectivity index (χ2v) is 7.33. The number of fused-ring (bicyclic) bond motifs is 2. The molecule has 0 spiro atoms. The summed E-state index contributed by atoms with van der Waals surface area (Å²) in [6, 6.07) is 12.5. The number of para-hydroxylation sites is 2. The van der Waals surface area contributed by atoms with Gasteiger partial charge in [-0.3, -0.25) is 4.72 Å². The summed E-state index contributed by atoms with van der Waals surface area (Å²) in [4.78, 5) is 10.5. The van der Waals surface area contributed by atoms with E-state index < -0.39 is 10.0 Å². The van der Waals surface area contributed by atoms with E-state index in [1.807, 2.05) is 24.3 Å². The highest BCUT2D eigenvalue weighted by atomic mass is 32.2. The largest absolute Gasteiger partial charge is 0.494 e. The summed E-state index contributed by atoms with van der Waals surface area (Å²) >= 11 is 0. The van der Waals surface area contributed by atoms with E-state index in [0.717, 1.165) is 17.3 Å². The van der Waals surface area contributed by atoms with E-state index >= 15 is 0 Å². The normalized spacial score (nSPS) is 12.0. The van der Waals surface area contributed by atoms with Crippen molar-refractivity contribution >= 4 is 37.6 Å². The summed E-state index contributed by atoms with van der Waals surface area (Å²) in [6.45, 7) is 0. The van der Waals surface area contributed by atoms with Gasteiger partial charge in [0.15, 0.2) is 0 Å². The van der Waals surface area contributed by atoms with Crippen LogP contribution in [0.3, 0.4) is 0 Å². The number of benzene rings is 2. The maximum absolute atomic E-state index is 11.4. The Bertz CT molecular complexity index is 1140. The van der Waals surface area contributed by atoms with Crippen LogP contribution in [0.1, 0.15) is 0 Å². The number of anilines is 1. The number of H-pyrrole nitrogens is 2. The number of imidazole rings is 1. The van der Waals surface area contributed by atoms with E-state index in [2.05, 4.69) is 19.7 Å². The zero-order valence-electron chi connectivity index (χ0n) is 12.7. The molecule has 4 aromatic rings. The fourth-order valence-electron chi connectivity index (χ4n) is 2.77. The highest BCUT2D eigenvalue weighted by Crippen LogP contribution is 2.37. The third-order valence-electron chi connectivity index (χ3n) is 3.71. The van der Waals surface area contributed by atoms with Crippen LogP contribution in [-0.4, -0.2) is 34.7 Å². The van der Waals surface area contributed by atoms with E-state index in [-0.39, 0.29) is 5.88 Å². The maximum atomic E-state index is 11.4. The second kappa shape index (κ2) is 5.00. The minimum Gasteiger partial charge on any atom is -0.494 e. The monoisotopic (exact) mass is 342 g/mol. The van der Waals surface area contributed by atoms with Crippen LogP contribution < -0.4 is 4.72 Å². The molecule has 0 aliphatic heterocycles. The summed E-state index contributed by atoms with van der Waals surface area (Å²) < 4.78 is 25.3. The molecule has 0 saturated carbocycles. The van der Waals surface area contributed by atoms with E-state index in [1.165, 1.54) is 0 Å². The lowest BCUT2D eigenvalue weighted by molar-refractivity contribution is 0.460. The van der Waals surface area contributed by atoms with Crippen LogP contribution in [-0.2, 0) is 10.0 Å². The molecule has 0 amide bonds. The smallest absolute Gasteiger partial charge is 0.229 e. The van der Waals surface area contributed by atoms with Crippen LogP contribution in [0.25, 0.3) is 33.3 Å². The third kappa shape index (κ3) is 2.46. The maximum Gasteiger partial charge on any atom is 0.229 e. The van der Waals surface area contributed by atoms with Gasteiger partial charge >= 0.3 is 0 Å². The molecule has 2 heterocycles. The van der Waals surface area contributed by atoms with Crippen molar-refractivity contribution < 1.29 is 13.5 Å².